The van der Waals surface area contributed by atoms with Gasteiger partial charge in [-0.05, 0) is 47.2 Å². The van der Waals surface area contributed by atoms with Crippen molar-refractivity contribution in [2.75, 3.05) is 26.4 Å². The van der Waals surface area contributed by atoms with E-state index in [1.807, 2.05) is 60.7 Å². The van der Waals surface area contributed by atoms with E-state index < -0.39 is 47.8 Å². The maximum atomic E-state index is 14.0. The van der Waals surface area contributed by atoms with E-state index in [2.05, 4.69) is 6.58 Å². The number of esters is 1. The van der Waals surface area contributed by atoms with Crippen LogP contribution >= 0.6 is 23.2 Å². The van der Waals surface area contributed by atoms with Gasteiger partial charge in [0, 0.05) is 26.0 Å². The first-order valence-electron chi connectivity index (χ1n) is 15.6. The summed E-state index contributed by atoms with van der Waals surface area (Å²) in [5.41, 5.74) is 1.12. The molecular formula is C36H38Cl2N2O8. The van der Waals surface area contributed by atoms with Gasteiger partial charge in [0.2, 0.25) is 0 Å². The van der Waals surface area contributed by atoms with Crippen LogP contribution in [0.3, 0.4) is 0 Å². The molecule has 254 valence electrons. The molecule has 48 heavy (non-hydrogen) atoms. The quantitative estimate of drug-likeness (QED) is 0.0375. The number of hydroxylamine groups is 2. The van der Waals surface area contributed by atoms with Gasteiger partial charge >= 0.3 is 5.97 Å². The molecule has 0 saturated carbocycles. The lowest BCUT2D eigenvalue weighted by molar-refractivity contribution is -0.298. The van der Waals surface area contributed by atoms with Gasteiger partial charge in [-0.1, -0.05) is 91.0 Å². The summed E-state index contributed by atoms with van der Waals surface area (Å²) >= 11 is 13.1. The highest BCUT2D eigenvalue weighted by molar-refractivity contribution is 6.27. The third-order valence-electron chi connectivity index (χ3n) is 8.00. The summed E-state index contributed by atoms with van der Waals surface area (Å²) < 4.78 is 22.3. The minimum atomic E-state index is -1.32. The Labute approximate surface area is 290 Å². The summed E-state index contributed by atoms with van der Waals surface area (Å²) in [4.78, 5) is 48.9. The lowest BCUT2D eigenvalue weighted by Crippen LogP contribution is -2.73. The zero-order chi connectivity index (χ0) is 34.0. The molecule has 5 rings (SSSR count). The van der Waals surface area contributed by atoms with Crippen LogP contribution in [-0.4, -0.2) is 78.0 Å². The van der Waals surface area contributed by atoms with Crippen LogP contribution in [-0.2, 0) is 39.9 Å². The number of likely N-dealkylation sites (tertiary alicyclic amines) is 1. The predicted molar refractivity (Wildman–Crippen MR) is 179 cm³/mol. The fourth-order valence-electron chi connectivity index (χ4n) is 5.58. The number of β-lactam (4-membered cyclic amide) rings is 1. The van der Waals surface area contributed by atoms with Gasteiger partial charge in [-0.3, -0.25) is 9.59 Å². The Hall–Kier alpha value is -3.93. The van der Waals surface area contributed by atoms with E-state index in [-0.39, 0.29) is 24.7 Å². The highest BCUT2D eigenvalue weighted by Crippen LogP contribution is 2.36. The van der Waals surface area contributed by atoms with Gasteiger partial charge < -0.3 is 23.8 Å². The largest absolute Gasteiger partial charge is 0.468 e. The van der Waals surface area contributed by atoms with E-state index in [1.54, 1.807) is 24.3 Å². The molecule has 4 unspecified atom stereocenters. The third kappa shape index (κ3) is 8.37. The van der Waals surface area contributed by atoms with Crippen molar-refractivity contribution in [2.45, 2.75) is 55.7 Å². The van der Waals surface area contributed by atoms with Crippen LogP contribution in [0, 0.1) is 0 Å². The number of benzene rings is 3. The minimum Gasteiger partial charge on any atom is -0.468 e. The molecule has 2 aliphatic heterocycles. The molecule has 0 radical (unpaired) electrons. The third-order valence-corrected chi connectivity index (χ3v) is 8.79. The molecule has 10 nitrogen and oxygen atoms in total. The standard InChI is InChI=1S/C36H38Cl2N2O8/c1-24(22-37)31(36(43)47-33(26-13-5-3-6-14-26)27-15-7-4-8-16-27)39-34(38)32(35(39)42)40(48-30-18-9-10-19-45-30)29(41)21-25-12-11-17-28(20-25)46-23-44-2/h3-8,11-17,20,30-34H,1,9-10,18-19,21-23H2,2H3. The van der Waals surface area contributed by atoms with E-state index in [4.69, 9.17) is 47.0 Å². The zero-order valence-electron chi connectivity index (χ0n) is 26.5. The first-order chi connectivity index (χ1) is 23.3. The number of amides is 2. The Kier molecular flexibility index (Phi) is 12.5. The Bertz CT molecular complexity index is 1510. The lowest BCUT2D eigenvalue weighted by Gasteiger charge is -2.50. The Morgan fingerprint density at radius 1 is 1.02 bits per heavy atom. The number of nitrogens with zero attached hydrogens (tertiary/aromatic N) is 2. The maximum Gasteiger partial charge on any atom is 0.334 e. The number of hydrogen-bond donors (Lipinski definition) is 0. The summed E-state index contributed by atoms with van der Waals surface area (Å²) in [6.07, 6.45) is 0.558. The molecule has 0 aromatic heterocycles. The Balaban J connectivity index is 1.38. The van der Waals surface area contributed by atoms with Crippen molar-refractivity contribution >= 4 is 41.0 Å². The highest BCUT2D eigenvalue weighted by Gasteiger charge is 2.57. The molecule has 0 N–H and O–H groups in total. The van der Waals surface area contributed by atoms with Crippen molar-refractivity contribution in [1.82, 2.24) is 9.96 Å². The summed E-state index contributed by atoms with van der Waals surface area (Å²) in [6.45, 7) is 4.46. The first kappa shape index (κ1) is 35.4. The van der Waals surface area contributed by atoms with E-state index in [1.165, 1.54) is 7.11 Å². The number of rotatable bonds is 15. The second-order valence-corrected chi connectivity index (χ2v) is 12.1. The van der Waals surface area contributed by atoms with Crippen LogP contribution in [0.4, 0.5) is 0 Å². The summed E-state index contributed by atoms with van der Waals surface area (Å²) in [7, 11) is 1.51. The average Bonchev–Trinajstić information content (AvgIpc) is 3.12. The molecule has 0 aliphatic carbocycles. The van der Waals surface area contributed by atoms with Crippen molar-refractivity contribution in [3.63, 3.8) is 0 Å². The van der Waals surface area contributed by atoms with E-state index in [9.17, 15) is 14.4 Å². The van der Waals surface area contributed by atoms with Gasteiger partial charge in [0.05, 0.1) is 6.42 Å². The van der Waals surface area contributed by atoms with Gasteiger partial charge in [0.15, 0.2) is 31.3 Å². The minimum absolute atomic E-state index is 0.0423. The van der Waals surface area contributed by atoms with Crippen LogP contribution in [0.15, 0.2) is 97.1 Å². The van der Waals surface area contributed by atoms with Gasteiger partial charge in [-0.2, -0.15) is 0 Å². The molecule has 2 heterocycles. The number of halogens is 2. The highest BCUT2D eigenvalue weighted by atomic mass is 35.5. The van der Waals surface area contributed by atoms with Crippen molar-refractivity contribution in [2.24, 2.45) is 0 Å². The van der Waals surface area contributed by atoms with Crippen LogP contribution in [0.2, 0.25) is 0 Å². The molecule has 2 fully saturated rings. The fraction of sp³-hybridized carbons (Fsp3) is 0.361. The summed E-state index contributed by atoms with van der Waals surface area (Å²) in [5, 5.41) is 0.984. The molecule has 12 heteroatoms. The second-order valence-electron chi connectivity index (χ2n) is 11.4. The fourth-order valence-corrected chi connectivity index (χ4v) is 6.15. The topological polar surface area (TPSA) is 104 Å². The second kappa shape index (κ2) is 16.9. The van der Waals surface area contributed by atoms with Gasteiger partial charge in [-0.25, -0.2) is 14.7 Å². The normalized spacial score (nSPS) is 19.7. The maximum absolute atomic E-state index is 14.0. The number of carbonyl (C=O) groups excluding carboxylic acids is 3. The first-order valence-corrected chi connectivity index (χ1v) is 16.6. The molecule has 0 bridgehead atoms. The van der Waals surface area contributed by atoms with Gasteiger partial charge in [0.1, 0.15) is 11.3 Å². The molecule has 3 aromatic rings. The summed E-state index contributed by atoms with van der Waals surface area (Å²) in [6, 6.07) is 22.9. The average molecular weight is 698 g/mol. The van der Waals surface area contributed by atoms with Crippen molar-refractivity contribution in [3.05, 3.63) is 114 Å². The molecule has 2 amide bonds. The molecule has 4 atom stereocenters. The van der Waals surface area contributed by atoms with Gasteiger partial charge in [-0.15, -0.1) is 11.6 Å². The molecule has 3 aromatic carbocycles. The number of alkyl halides is 2. The van der Waals surface area contributed by atoms with Crippen molar-refractivity contribution in [3.8, 4) is 5.75 Å². The van der Waals surface area contributed by atoms with Crippen LogP contribution in [0.1, 0.15) is 42.1 Å². The van der Waals surface area contributed by atoms with Crippen molar-refractivity contribution < 1.29 is 38.2 Å². The molecule has 0 spiro atoms. The lowest BCUT2D eigenvalue weighted by atomic mass is 9.97. The Morgan fingerprint density at radius 2 is 1.71 bits per heavy atom. The Morgan fingerprint density at radius 3 is 2.29 bits per heavy atom. The SMILES string of the molecule is C=C(CCl)C(C(=O)OC(c1ccccc1)c1ccccc1)N1C(=O)C(N(OC2CCCCO2)C(=O)Cc2cccc(OCOC)c2)C1Cl. The van der Waals surface area contributed by atoms with Crippen LogP contribution in [0.25, 0.3) is 0 Å². The molecule has 2 aliphatic rings. The summed E-state index contributed by atoms with van der Waals surface area (Å²) in [5.74, 6) is -1.55. The molecular weight excluding hydrogens is 659 g/mol. The zero-order valence-corrected chi connectivity index (χ0v) is 28.1. The van der Waals surface area contributed by atoms with Crippen LogP contribution < -0.4 is 4.74 Å². The van der Waals surface area contributed by atoms with E-state index >= 15 is 0 Å². The number of carbonyl (C=O) groups is 3. The van der Waals surface area contributed by atoms with Gasteiger partial charge in [0.25, 0.3) is 11.8 Å². The number of ether oxygens (including phenoxy) is 4. The smallest absolute Gasteiger partial charge is 0.334 e. The monoisotopic (exact) mass is 696 g/mol. The van der Waals surface area contributed by atoms with E-state index in [0.29, 0.717) is 24.3 Å². The predicted octanol–water partition coefficient (Wildman–Crippen LogP) is 5.77. The number of hydrogen-bond acceptors (Lipinski definition) is 8. The van der Waals surface area contributed by atoms with E-state index in [0.717, 1.165) is 33.9 Å². The van der Waals surface area contributed by atoms with Crippen molar-refractivity contribution in [1.29, 1.82) is 0 Å². The van der Waals surface area contributed by atoms with Crippen LogP contribution in [0.5, 0.6) is 5.75 Å². The molecule has 2 saturated heterocycles. The number of methoxy groups -OCH3 is 1.